The molecule has 2 aromatic carbocycles. The van der Waals surface area contributed by atoms with Crippen molar-refractivity contribution in [3.05, 3.63) is 70.2 Å². The summed E-state index contributed by atoms with van der Waals surface area (Å²) < 4.78 is 0. The van der Waals surface area contributed by atoms with Gasteiger partial charge in [-0.25, -0.2) is 0 Å². The Labute approximate surface area is 195 Å². The Bertz CT molecular complexity index is 759. The number of nitrogens with one attached hydrogen (secondary N) is 2. The van der Waals surface area contributed by atoms with Gasteiger partial charge in [0.05, 0.1) is 6.10 Å². The highest BCUT2D eigenvalue weighted by molar-refractivity contribution is 14.0. The average Bonchev–Trinajstić information content (AvgIpc) is 2.72. The lowest BCUT2D eigenvalue weighted by Crippen LogP contribution is -2.36. The fourth-order valence-electron chi connectivity index (χ4n) is 3.29. The minimum absolute atomic E-state index is 0. The predicted molar refractivity (Wildman–Crippen MR) is 131 cm³/mol. The van der Waals surface area contributed by atoms with E-state index < -0.39 is 0 Å². The molecule has 3 rings (SSSR count). The number of nitrogens with zero attached hydrogens (tertiary/aromatic N) is 2. The fourth-order valence-corrected chi connectivity index (χ4v) is 3.42. The van der Waals surface area contributed by atoms with E-state index in [2.05, 4.69) is 44.8 Å². The zero-order chi connectivity index (χ0) is 19.8. The zero-order valence-electron chi connectivity index (χ0n) is 16.8. The molecular weight excluding hydrogens is 499 g/mol. The maximum Gasteiger partial charge on any atom is 0.191 e. The summed E-state index contributed by atoms with van der Waals surface area (Å²) in [6.07, 6.45) is 1.64. The predicted octanol–water partition coefficient (Wildman–Crippen LogP) is 3.78. The molecule has 0 bridgehead atoms. The molecule has 1 fully saturated rings. The number of aliphatic imine (C=N–C) groups is 1. The number of halogens is 2. The molecule has 158 valence electrons. The van der Waals surface area contributed by atoms with Crippen molar-refractivity contribution in [1.82, 2.24) is 15.5 Å². The summed E-state index contributed by atoms with van der Waals surface area (Å²) in [6, 6.07) is 16.5. The van der Waals surface area contributed by atoms with Gasteiger partial charge in [0.15, 0.2) is 5.96 Å². The number of aliphatic hydroxyl groups excluding tert-OH is 1. The van der Waals surface area contributed by atoms with Crippen molar-refractivity contribution >= 4 is 41.5 Å². The molecule has 1 heterocycles. The monoisotopic (exact) mass is 528 g/mol. The highest BCUT2D eigenvalue weighted by atomic mass is 127. The lowest BCUT2D eigenvalue weighted by Gasteiger charge is -2.29. The largest absolute Gasteiger partial charge is 0.393 e. The van der Waals surface area contributed by atoms with E-state index in [1.807, 2.05) is 24.3 Å². The van der Waals surface area contributed by atoms with Crippen molar-refractivity contribution in [2.75, 3.05) is 20.1 Å². The van der Waals surface area contributed by atoms with Crippen LogP contribution in [0.2, 0.25) is 5.02 Å². The maximum atomic E-state index is 9.61. The van der Waals surface area contributed by atoms with E-state index in [9.17, 15) is 5.11 Å². The van der Waals surface area contributed by atoms with Gasteiger partial charge in [-0.15, -0.1) is 24.0 Å². The SMILES string of the molecule is CN=C(NCc1ccc(Cl)cc1)NCc1ccc(CN2CCC(O)CC2)cc1.I. The van der Waals surface area contributed by atoms with Crippen molar-refractivity contribution in [2.24, 2.45) is 4.99 Å². The highest BCUT2D eigenvalue weighted by Gasteiger charge is 2.16. The molecule has 0 atom stereocenters. The standard InChI is InChI=1S/C22H29ClN4O.HI/c1-24-22(26-15-18-6-8-20(23)9-7-18)25-14-17-2-4-19(5-3-17)16-27-12-10-21(28)11-13-27;/h2-9,21,28H,10-16H2,1H3,(H2,24,25,26);1H. The summed E-state index contributed by atoms with van der Waals surface area (Å²) in [4.78, 5) is 6.68. The maximum absolute atomic E-state index is 9.61. The second kappa shape index (κ2) is 12.4. The third-order valence-electron chi connectivity index (χ3n) is 5.04. The van der Waals surface area contributed by atoms with Gasteiger partial charge in [-0.1, -0.05) is 48.0 Å². The van der Waals surface area contributed by atoms with Gasteiger partial charge in [0.25, 0.3) is 0 Å². The van der Waals surface area contributed by atoms with E-state index in [1.165, 1.54) is 11.1 Å². The summed E-state index contributed by atoms with van der Waals surface area (Å²) >= 11 is 5.92. The summed E-state index contributed by atoms with van der Waals surface area (Å²) in [5, 5.41) is 17.0. The number of benzene rings is 2. The molecule has 5 nitrogen and oxygen atoms in total. The number of piperidine rings is 1. The van der Waals surface area contributed by atoms with Gasteiger partial charge >= 0.3 is 0 Å². The topological polar surface area (TPSA) is 59.9 Å². The van der Waals surface area contributed by atoms with E-state index in [0.717, 1.165) is 55.6 Å². The molecular formula is C22H30ClIN4O. The van der Waals surface area contributed by atoms with Crippen LogP contribution >= 0.6 is 35.6 Å². The van der Waals surface area contributed by atoms with E-state index in [-0.39, 0.29) is 30.1 Å². The Morgan fingerprint density at radius 2 is 1.45 bits per heavy atom. The molecule has 2 aromatic rings. The van der Waals surface area contributed by atoms with Gasteiger partial charge in [-0.05, 0) is 41.7 Å². The van der Waals surface area contributed by atoms with E-state index in [4.69, 9.17) is 11.6 Å². The van der Waals surface area contributed by atoms with Gasteiger partial charge in [0.2, 0.25) is 0 Å². The first kappa shape index (κ1) is 23.9. The fraction of sp³-hybridized carbons (Fsp3) is 0.409. The van der Waals surface area contributed by atoms with Crippen LogP contribution in [0.1, 0.15) is 29.5 Å². The first-order chi connectivity index (χ1) is 13.6. The van der Waals surface area contributed by atoms with Gasteiger partial charge in [-0.3, -0.25) is 9.89 Å². The minimum Gasteiger partial charge on any atom is -0.393 e. The van der Waals surface area contributed by atoms with Crippen LogP contribution in [0, 0.1) is 0 Å². The Balaban J connectivity index is 0.00000300. The molecule has 0 unspecified atom stereocenters. The highest BCUT2D eigenvalue weighted by Crippen LogP contribution is 2.14. The molecule has 0 saturated carbocycles. The van der Waals surface area contributed by atoms with Crippen molar-refractivity contribution in [3.8, 4) is 0 Å². The Morgan fingerprint density at radius 1 is 0.966 bits per heavy atom. The van der Waals surface area contributed by atoms with Crippen LogP contribution in [0.5, 0.6) is 0 Å². The number of hydrogen-bond acceptors (Lipinski definition) is 3. The second-order valence-corrected chi connectivity index (χ2v) is 7.67. The Hall–Kier alpha value is -1.35. The molecule has 0 radical (unpaired) electrons. The number of aliphatic hydroxyl groups is 1. The molecule has 0 aromatic heterocycles. The van der Waals surface area contributed by atoms with Crippen LogP contribution in [0.25, 0.3) is 0 Å². The van der Waals surface area contributed by atoms with Crippen molar-refractivity contribution in [3.63, 3.8) is 0 Å². The first-order valence-corrected chi connectivity index (χ1v) is 10.2. The van der Waals surface area contributed by atoms with Gasteiger partial charge < -0.3 is 15.7 Å². The normalized spacial score (nSPS) is 15.6. The van der Waals surface area contributed by atoms with Gasteiger partial charge in [-0.2, -0.15) is 0 Å². The van der Waals surface area contributed by atoms with E-state index in [1.54, 1.807) is 7.05 Å². The van der Waals surface area contributed by atoms with Gasteiger partial charge in [0, 0.05) is 44.8 Å². The Morgan fingerprint density at radius 3 is 1.97 bits per heavy atom. The third kappa shape index (κ3) is 8.12. The number of rotatable bonds is 6. The van der Waals surface area contributed by atoms with Crippen LogP contribution in [0.4, 0.5) is 0 Å². The van der Waals surface area contributed by atoms with Crippen LogP contribution in [-0.2, 0) is 19.6 Å². The summed E-state index contributed by atoms with van der Waals surface area (Å²) in [5.41, 5.74) is 3.68. The Kier molecular flexibility index (Phi) is 10.2. The molecule has 1 saturated heterocycles. The lowest BCUT2D eigenvalue weighted by molar-refractivity contribution is 0.0792. The zero-order valence-corrected chi connectivity index (χ0v) is 19.9. The molecule has 0 aliphatic carbocycles. The molecule has 0 spiro atoms. The average molecular weight is 529 g/mol. The third-order valence-corrected chi connectivity index (χ3v) is 5.30. The van der Waals surface area contributed by atoms with Crippen molar-refractivity contribution in [2.45, 2.75) is 38.6 Å². The van der Waals surface area contributed by atoms with Crippen LogP contribution in [0.3, 0.4) is 0 Å². The number of likely N-dealkylation sites (tertiary alicyclic amines) is 1. The molecule has 7 heteroatoms. The second-order valence-electron chi connectivity index (χ2n) is 7.23. The van der Waals surface area contributed by atoms with Crippen LogP contribution in [-0.4, -0.2) is 42.2 Å². The number of hydrogen-bond donors (Lipinski definition) is 3. The minimum atomic E-state index is -0.118. The first-order valence-electron chi connectivity index (χ1n) is 9.79. The van der Waals surface area contributed by atoms with Crippen molar-refractivity contribution in [1.29, 1.82) is 0 Å². The summed E-state index contributed by atoms with van der Waals surface area (Å²) in [7, 11) is 1.77. The summed E-state index contributed by atoms with van der Waals surface area (Å²) in [5.74, 6) is 0.769. The van der Waals surface area contributed by atoms with Crippen molar-refractivity contribution < 1.29 is 5.11 Å². The van der Waals surface area contributed by atoms with Crippen LogP contribution < -0.4 is 10.6 Å². The van der Waals surface area contributed by atoms with E-state index in [0.29, 0.717) is 6.54 Å². The quantitative estimate of drug-likeness (QED) is 0.303. The molecule has 1 aliphatic rings. The number of guanidine groups is 1. The molecule has 1 aliphatic heterocycles. The lowest BCUT2D eigenvalue weighted by atomic mass is 10.1. The van der Waals surface area contributed by atoms with E-state index >= 15 is 0 Å². The molecule has 29 heavy (non-hydrogen) atoms. The smallest absolute Gasteiger partial charge is 0.191 e. The van der Waals surface area contributed by atoms with Gasteiger partial charge in [0.1, 0.15) is 0 Å². The van der Waals surface area contributed by atoms with Crippen LogP contribution in [0.15, 0.2) is 53.5 Å². The summed E-state index contributed by atoms with van der Waals surface area (Å²) in [6.45, 7) is 4.31. The molecule has 3 N–H and O–H groups in total. The molecule has 0 amide bonds.